The lowest BCUT2D eigenvalue weighted by Gasteiger charge is -2.35. The number of carbonyl (C=O) groups excluding carboxylic acids is 2. The lowest BCUT2D eigenvalue weighted by atomic mass is 10.0. The van der Waals surface area contributed by atoms with Crippen LogP contribution in [0.1, 0.15) is 62.3 Å². The third kappa shape index (κ3) is 8.67. The van der Waals surface area contributed by atoms with E-state index in [1.54, 1.807) is 17.0 Å². The highest BCUT2D eigenvalue weighted by Gasteiger charge is 2.34. The fourth-order valence-electron chi connectivity index (χ4n) is 4.76. The quantitative estimate of drug-likeness (QED) is 0.293. The summed E-state index contributed by atoms with van der Waals surface area (Å²) in [6, 6.07) is 23.6. The smallest absolute Gasteiger partial charge is 0.244 e. The lowest BCUT2D eigenvalue weighted by molar-refractivity contribution is -0.140. The zero-order valence-electron chi connectivity index (χ0n) is 25.0. The number of aryl methyl sites for hydroxylation is 1. The molecule has 0 aliphatic rings. The Morgan fingerprint density at radius 3 is 2.10 bits per heavy atom. The summed E-state index contributed by atoms with van der Waals surface area (Å²) in [4.78, 5) is 29.6. The second-order valence-electron chi connectivity index (χ2n) is 11.0. The predicted molar refractivity (Wildman–Crippen MR) is 166 cm³/mol. The first kappa shape index (κ1) is 31.9. The van der Waals surface area contributed by atoms with Gasteiger partial charge >= 0.3 is 0 Å². The minimum Gasteiger partial charge on any atom is -0.352 e. The van der Waals surface area contributed by atoms with Crippen molar-refractivity contribution in [2.75, 3.05) is 17.1 Å². The average molecular weight is 578 g/mol. The number of benzene rings is 3. The topological polar surface area (TPSA) is 86.8 Å². The van der Waals surface area contributed by atoms with Gasteiger partial charge in [-0.2, -0.15) is 0 Å². The first-order valence-corrected chi connectivity index (χ1v) is 16.0. The van der Waals surface area contributed by atoms with E-state index >= 15 is 0 Å². The van der Waals surface area contributed by atoms with Crippen molar-refractivity contribution in [3.63, 3.8) is 0 Å². The van der Waals surface area contributed by atoms with E-state index < -0.39 is 28.5 Å². The molecule has 0 fully saturated rings. The maximum absolute atomic E-state index is 14.3. The number of hydrogen-bond acceptors (Lipinski definition) is 4. The highest BCUT2D eigenvalue weighted by atomic mass is 32.2. The van der Waals surface area contributed by atoms with Gasteiger partial charge in [0.25, 0.3) is 0 Å². The van der Waals surface area contributed by atoms with Gasteiger partial charge in [0.1, 0.15) is 12.6 Å². The molecule has 3 rings (SSSR count). The van der Waals surface area contributed by atoms with Crippen LogP contribution in [0.5, 0.6) is 0 Å². The van der Waals surface area contributed by atoms with Gasteiger partial charge in [-0.15, -0.1) is 0 Å². The molecule has 0 heterocycles. The van der Waals surface area contributed by atoms with Crippen molar-refractivity contribution in [3.05, 3.63) is 101 Å². The van der Waals surface area contributed by atoms with Crippen LogP contribution in [0.2, 0.25) is 0 Å². The molecule has 0 unspecified atom stereocenters. The van der Waals surface area contributed by atoms with Crippen LogP contribution in [-0.4, -0.2) is 50.0 Å². The molecule has 2 amide bonds. The molecule has 0 saturated heterocycles. The molecule has 41 heavy (non-hydrogen) atoms. The second-order valence-corrected chi connectivity index (χ2v) is 12.9. The number of rotatable bonds is 13. The summed E-state index contributed by atoms with van der Waals surface area (Å²) in [7, 11) is -3.83. The average Bonchev–Trinajstić information content (AvgIpc) is 2.94. The van der Waals surface area contributed by atoms with Crippen molar-refractivity contribution in [1.82, 2.24) is 10.2 Å². The summed E-state index contributed by atoms with van der Waals surface area (Å²) < 4.78 is 27.4. The fraction of sp³-hybridized carbons (Fsp3) is 0.394. The van der Waals surface area contributed by atoms with Gasteiger partial charge in [-0.05, 0) is 54.5 Å². The van der Waals surface area contributed by atoms with Crippen molar-refractivity contribution in [2.45, 2.75) is 72.0 Å². The molecule has 7 nitrogen and oxygen atoms in total. The fourth-order valence-corrected chi connectivity index (χ4v) is 5.63. The number of carbonyl (C=O) groups is 2. The van der Waals surface area contributed by atoms with Gasteiger partial charge in [0.2, 0.25) is 21.8 Å². The van der Waals surface area contributed by atoms with E-state index in [4.69, 9.17) is 0 Å². The van der Waals surface area contributed by atoms with Gasteiger partial charge in [-0.3, -0.25) is 13.9 Å². The monoisotopic (exact) mass is 577 g/mol. The van der Waals surface area contributed by atoms with Gasteiger partial charge < -0.3 is 10.2 Å². The van der Waals surface area contributed by atoms with Crippen LogP contribution in [0.4, 0.5) is 5.69 Å². The van der Waals surface area contributed by atoms with E-state index in [0.717, 1.165) is 34.9 Å². The van der Waals surface area contributed by atoms with Crippen molar-refractivity contribution < 1.29 is 18.0 Å². The van der Waals surface area contributed by atoms with Crippen molar-refractivity contribution >= 4 is 27.5 Å². The van der Waals surface area contributed by atoms with Crippen LogP contribution in [0.3, 0.4) is 0 Å². The number of hydrogen-bond donors (Lipinski definition) is 1. The Morgan fingerprint density at radius 1 is 0.878 bits per heavy atom. The molecule has 0 spiro atoms. The van der Waals surface area contributed by atoms with Crippen LogP contribution in [0.15, 0.2) is 78.9 Å². The summed E-state index contributed by atoms with van der Waals surface area (Å²) in [6.45, 7) is 9.60. The van der Waals surface area contributed by atoms with Gasteiger partial charge in [0.15, 0.2) is 0 Å². The Hall–Kier alpha value is -3.65. The summed E-state index contributed by atoms with van der Waals surface area (Å²) in [6.07, 6.45) is 2.14. The molecule has 2 atom stereocenters. The number of anilines is 1. The molecular formula is C33H43N3O4S. The zero-order chi connectivity index (χ0) is 30.2. The van der Waals surface area contributed by atoms with Crippen molar-refractivity contribution in [1.29, 1.82) is 0 Å². The molecule has 0 aromatic heterocycles. The molecule has 3 aromatic carbocycles. The van der Waals surface area contributed by atoms with Crippen LogP contribution < -0.4 is 9.62 Å². The van der Waals surface area contributed by atoms with Gasteiger partial charge in [-0.25, -0.2) is 8.42 Å². The number of amides is 2. The predicted octanol–water partition coefficient (Wildman–Crippen LogP) is 5.44. The number of para-hydroxylation sites is 1. The highest BCUT2D eigenvalue weighted by Crippen LogP contribution is 2.29. The third-order valence-electron chi connectivity index (χ3n) is 7.38. The molecular weight excluding hydrogens is 534 g/mol. The Labute approximate surface area is 245 Å². The summed E-state index contributed by atoms with van der Waals surface area (Å²) in [5, 5.41) is 3.06. The molecule has 0 aliphatic carbocycles. The SMILES string of the molecule is CC[C@@H](C)NC(=O)[C@H](Cc1ccccc1)N(Cc1ccccc1C)C(=O)CN(c1ccccc1C(C)C)S(C)(=O)=O. The van der Waals surface area contributed by atoms with E-state index in [1.807, 2.05) is 101 Å². The largest absolute Gasteiger partial charge is 0.352 e. The zero-order valence-corrected chi connectivity index (χ0v) is 25.8. The Morgan fingerprint density at radius 2 is 1.49 bits per heavy atom. The third-order valence-corrected chi connectivity index (χ3v) is 8.51. The molecule has 1 N–H and O–H groups in total. The first-order valence-electron chi connectivity index (χ1n) is 14.2. The number of sulfonamides is 1. The summed E-state index contributed by atoms with van der Waals surface area (Å²) >= 11 is 0. The highest BCUT2D eigenvalue weighted by molar-refractivity contribution is 7.92. The Balaban J connectivity index is 2.11. The lowest BCUT2D eigenvalue weighted by Crippen LogP contribution is -2.54. The molecule has 0 saturated carbocycles. The van der Waals surface area contributed by atoms with E-state index in [2.05, 4.69) is 5.32 Å². The van der Waals surface area contributed by atoms with E-state index in [9.17, 15) is 18.0 Å². The maximum atomic E-state index is 14.3. The standard InChI is InChI=1S/C33H43N3O4S/c1-7-26(5)34-33(38)31(21-27-16-9-8-10-17-27)35(22-28-18-12-11-15-25(28)4)32(37)23-36(41(6,39)40)30-20-14-13-19-29(30)24(2)3/h8-20,24,26,31H,7,21-23H2,1-6H3,(H,34,38)/t26-,31+/m1/s1. The van der Waals surface area contributed by atoms with Crippen molar-refractivity contribution in [2.24, 2.45) is 0 Å². The van der Waals surface area contributed by atoms with Crippen LogP contribution in [-0.2, 0) is 32.6 Å². The van der Waals surface area contributed by atoms with Crippen LogP contribution in [0, 0.1) is 6.92 Å². The molecule has 0 aliphatic heterocycles. The van der Waals surface area contributed by atoms with Gasteiger partial charge in [0.05, 0.1) is 11.9 Å². The van der Waals surface area contributed by atoms with E-state index in [-0.39, 0.29) is 24.4 Å². The van der Waals surface area contributed by atoms with Crippen LogP contribution >= 0.6 is 0 Å². The second kappa shape index (κ2) is 14.3. The maximum Gasteiger partial charge on any atom is 0.244 e. The summed E-state index contributed by atoms with van der Waals surface area (Å²) in [5.74, 6) is -0.670. The minimum atomic E-state index is -3.83. The molecule has 0 bridgehead atoms. The van der Waals surface area contributed by atoms with E-state index in [0.29, 0.717) is 12.1 Å². The molecule has 3 aromatic rings. The number of nitrogens with zero attached hydrogens (tertiary/aromatic N) is 2. The minimum absolute atomic E-state index is 0.0424. The summed E-state index contributed by atoms with van der Waals surface area (Å²) in [5.41, 5.74) is 4.08. The van der Waals surface area contributed by atoms with Crippen molar-refractivity contribution in [3.8, 4) is 0 Å². The van der Waals surface area contributed by atoms with Crippen LogP contribution in [0.25, 0.3) is 0 Å². The number of nitrogens with one attached hydrogen (secondary N) is 1. The van der Waals surface area contributed by atoms with Gasteiger partial charge in [0, 0.05) is 19.0 Å². The van der Waals surface area contributed by atoms with E-state index in [1.165, 1.54) is 4.31 Å². The van der Waals surface area contributed by atoms with Gasteiger partial charge in [-0.1, -0.05) is 93.6 Å². The Bertz CT molecular complexity index is 1420. The molecule has 0 radical (unpaired) electrons. The first-order chi connectivity index (χ1) is 19.4. The normalized spacial score (nSPS) is 13.0. The molecule has 220 valence electrons. The Kier molecular flexibility index (Phi) is 11.1. The molecule has 8 heteroatoms.